The van der Waals surface area contributed by atoms with Gasteiger partial charge in [-0.1, -0.05) is 53.9 Å². The van der Waals surface area contributed by atoms with E-state index in [1.165, 1.54) is 0 Å². The normalized spacial score (nSPS) is 49.3. The SMILES string of the molecule is C=CCO[C@]12C[C@]34CC[C@H]5CC(=C)[C@H](CC[C@H]6C[C@@H](C)C(=C)[C@@H](C[C@@H]7O[C@H]8C[C@@H](O[Si](C)(C)C(C)(C)C)[C@@H](CC=O)O[C@H]8[C@H](C)[C@H]7OC(=O)C[C@H]7CC[C@@H]8O[C@H]([C@@H](O1)[C@@H](O3)[C@H]8O7)[C@H]2O4)O6)O5. The lowest BCUT2D eigenvalue weighted by atomic mass is 9.79. The van der Waals surface area contributed by atoms with Crippen LogP contribution in [-0.2, 0) is 66.1 Å². The zero-order valence-corrected chi connectivity index (χ0v) is 41.4. The second-order valence-electron chi connectivity index (χ2n) is 23.0. The topological polar surface area (TPSA) is 145 Å². The van der Waals surface area contributed by atoms with Crippen LogP contribution in [0, 0.1) is 11.8 Å². The molecule has 0 radical (unpaired) electrons. The Labute approximate surface area is 392 Å². The lowest BCUT2D eigenvalue weighted by molar-refractivity contribution is -0.305. The second-order valence-corrected chi connectivity index (χ2v) is 27.7. The molecule has 11 aliphatic rings. The molecule has 11 fully saturated rings. The third kappa shape index (κ3) is 8.73. The Hall–Kier alpha value is -1.86. The summed E-state index contributed by atoms with van der Waals surface area (Å²) in [4.78, 5) is 26.5. The monoisotopic (exact) mass is 941 g/mol. The first kappa shape index (κ1) is 47.8. The Bertz CT molecular complexity index is 1870. The van der Waals surface area contributed by atoms with Gasteiger partial charge in [-0.3, -0.25) is 4.79 Å². The van der Waals surface area contributed by atoms with Crippen LogP contribution in [0.15, 0.2) is 37.0 Å². The highest BCUT2D eigenvalue weighted by Gasteiger charge is 2.75. The first-order chi connectivity index (χ1) is 31.4. The van der Waals surface area contributed by atoms with Crippen LogP contribution < -0.4 is 0 Å². The number of ether oxygens (including phenoxy) is 11. The fourth-order valence-corrected chi connectivity index (χ4v) is 14.2. The highest BCUT2D eigenvalue weighted by molar-refractivity contribution is 6.74. The molecule has 14 nitrogen and oxygen atoms in total. The van der Waals surface area contributed by atoms with Crippen LogP contribution in [0.5, 0.6) is 0 Å². The van der Waals surface area contributed by atoms with E-state index in [0.717, 1.165) is 43.1 Å². The van der Waals surface area contributed by atoms with Crippen LogP contribution in [0.25, 0.3) is 0 Å². The van der Waals surface area contributed by atoms with E-state index < -0.39 is 80.9 Å². The molecule has 21 atom stereocenters. The lowest BCUT2D eigenvalue weighted by Gasteiger charge is -2.53. The predicted molar refractivity (Wildman–Crippen MR) is 243 cm³/mol. The fourth-order valence-electron chi connectivity index (χ4n) is 12.9. The summed E-state index contributed by atoms with van der Waals surface area (Å²) >= 11 is 0. The Kier molecular flexibility index (Phi) is 13.1. The van der Waals surface area contributed by atoms with E-state index in [-0.39, 0.29) is 78.4 Å². The molecule has 0 saturated carbocycles. The molecular weight excluding hydrogens is 865 g/mol. The maximum atomic E-state index is 14.4. The number of hydrogen-bond acceptors (Lipinski definition) is 14. The Morgan fingerprint density at radius 3 is 2.27 bits per heavy atom. The van der Waals surface area contributed by atoms with E-state index in [0.29, 0.717) is 51.6 Å². The van der Waals surface area contributed by atoms with Crippen molar-refractivity contribution in [3.63, 3.8) is 0 Å². The first-order valence-corrected chi connectivity index (χ1v) is 28.2. The molecular formula is C51H76O14Si. The molecule has 11 rings (SSSR count). The maximum Gasteiger partial charge on any atom is 0.308 e. The number of carbonyl (C=O) groups is 2. The van der Waals surface area contributed by atoms with Crippen LogP contribution >= 0.6 is 0 Å². The summed E-state index contributed by atoms with van der Waals surface area (Å²) in [5.41, 5.74) is 2.12. The molecule has 0 aliphatic carbocycles. The van der Waals surface area contributed by atoms with Gasteiger partial charge < -0.3 is 61.3 Å². The molecule has 15 heteroatoms. The fraction of sp³-hybridized carbons (Fsp3) is 0.843. The Balaban J connectivity index is 0.940. The summed E-state index contributed by atoms with van der Waals surface area (Å²) in [5, 5.41) is -0.0379. The molecule has 12 bridgehead atoms. The maximum absolute atomic E-state index is 14.4. The molecule has 1 spiro atoms. The van der Waals surface area contributed by atoms with Crippen molar-refractivity contribution in [1.29, 1.82) is 0 Å². The third-order valence-corrected chi connectivity index (χ3v) is 22.0. The molecule has 0 aromatic rings. The smallest absolute Gasteiger partial charge is 0.308 e. The van der Waals surface area contributed by atoms with Gasteiger partial charge in [-0.15, -0.1) is 6.58 Å². The van der Waals surface area contributed by atoms with Crippen LogP contribution in [0.2, 0.25) is 18.1 Å². The molecule has 0 aromatic carbocycles. The van der Waals surface area contributed by atoms with Gasteiger partial charge in [0, 0.05) is 31.6 Å². The van der Waals surface area contributed by atoms with Crippen molar-refractivity contribution in [3.05, 3.63) is 37.0 Å². The number of aldehydes is 1. The molecule has 0 unspecified atom stereocenters. The van der Waals surface area contributed by atoms with Crippen molar-refractivity contribution in [2.75, 3.05) is 6.61 Å². The second kappa shape index (κ2) is 18.1. The summed E-state index contributed by atoms with van der Waals surface area (Å²) in [7, 11) is -2.25. The van der Waals surface area contributed by atoms with E-state index in [9.17, 15) is 9.59 Å². The number of carbonyl (C=O) groups excluding carboxylic acids is 2. The minimum Gasteiger partial charge on any atom is -0.459 e. The van der Waals surface area contributed by atoms with E-state index >= 15 is 0 Å². The van der Waals surface area contributed by atoms with Crippen molar-refractivity contribution in [2.24, 2.45) is 11.8 Å². The van der Waals surface area contributed by atoms with Gasteiger partial charge in [0.2, 0.25) is 5.79 Å². The van der Waals surface area contributed by atoms with E-state index in [4.69, 9.17) is 56.5 Å². The van der Waals surface area contributed by atoms with Crippen molar-refractivity contribution in [3.8, 4) is 0 Å². The van der Waals surface area contributed by atoms with Crippen LogP contribution in [0.1, 0.15) is 118 Å². The van der Waals surface area contributed by atoms with Crippen molar-refractivity contribution >= 4 is 20.6 Å². The summed E-state index contributed by atoms with van der Waals surface area (Å²) in [6.45, 7) is 28.6. The van der Waals surface area contributed by atoms with Gasteiger partial charge in [0.15, 0.2) is 14.1 Å². The van der Waals surface area contributed by atoms with Crippen molar-refractivity contribution in [1.82, 2.24) is 0 Å². The average Bonchev–Trinajstić information content (AvgIpc) is 3.81. The number of hydrogen-bond donors (Lipinski definition) is 0. The largest absolute Gasteiger partial charge is 0.459 e. The van der Waals surface area contributed by atoms with Crippen molar-refractivity contribution < 1.29 is 66.1 Å². The van der Waals surface area contributed by atoms with Crippen LogP contribution in [-0.4, -0.2) is 143 Å². The number of esters is 1. The summed E-state index contributed by atoms with van der Waals surface area (Å²) in [6.07, 6.45) is 3.85. The first-order valence-electron chi connectivity index (χ1n) is 25.3. The minimum absolute atomic E-state index is 0.0230. The van der Waals surface area contributed by atoms with Gasteiger partial charge in [0.05, 0.1) is 86.6 Å². The molecule has 0 N–H and O–H groups in total. The highest BCUT2D eigenvalue weighted by atomic mass is 28.4. The Morgan fingerprint density at radius 1 is 0.758 bits per heavy atom. The zero-order valence-electron chi connectivity index (χ0n) is 40.4. The van der Waals surface area contributed by atoms with Gasteiger partial charge in [0.1, 0.15) is 42.9 Å². The standard InChI is InChI=1S/C51H76O14Si/c1-11-20-54-51-26-50-18-16-33-22-28(3)34(55-33)14-12-31-21-27(2)29(4)37(56-31)24-39-43(30(5)42-40(58-39)25-38(35(59-42)17-19-52)65-66(9,10)49(6,7)8)61-41(53)23-32-13-15-36-44(57-32)45(62-50)46(63-51)47(60-36)48(51)64-50/h11,19,27,30-40,42-48H,1,3-4,12-18,20-26H2,2,5-10H3/t27-,30+,31+,32-,33+,34+,35-,36+,37-,38-,39+,40+,42+,43-,44+,45+,46+,47-,48-,50-,51-/m1/s1. The van der Waals surface area contributed by atoms with Crippen LogP contribution in [0.4, 0.5) is 0 Å². The lowest BCUT2D eigenvalue weighted by Crippen LogP contribution is -2.63. The quantitative estimate of drug-likeness (QED) is 0.109. The number of rotatable bonds is 7. The van der Waals surface area contributed by atoms with Gasteiger partial charge in [-0.05, 0) is 80.1 Å². The van der Waals surface area contributed by atoms with Gasteiger partial charge in [0.25, 0.3) is 0 Å². The zero-order chi connectivity index (χ0) is 46.5. The molecule has 11 aliphatic heterocycles. The molecule has 368 valence electrons. The van der Waals surface area contributed by atoms with E-state index in [1.54, 1.807) is 6.08 Å². The van der Waals surface area contributed by atoms with E-state index in [1.807, 2.05) is 0 Å². The predicted octanol–water partition coefficient (Wildman–Crippen LogP) is 7.35. The summed E-state index contributed by atoms with van der Waals surface area (Å²) < 4.78 is 82.4. The molecule has 0 aromatic heterocycles. The van der Waals surface area contributed by atoms with E-state index in [2.05, 4.69) is 67.4 Å². The van der Waals surface area contributed by atoms with Crippen molar-refractivity contribution in [2.45, 2.75) is 252 Å². The van der Waals surface area contributed by atoms with Gasteiger partial charge in [-0.2, -0.15) is 0 Å². The Morgan fingerprint density at radius 2 is 1.50 bits per heavy atom. The molecule has 11 heterocycles. The molecule has 66 heavy (non-hydrogen) atoms. The summed E-state index contributed by atoms with van der Waals surface area (Å²) in [5.74, 6) is -2.48. The minimum atomic E-state index is -2.25. The number of fused-ring (bicyclic) bond motifs is 7. The third-order valence-electron chi connectivity index (χ3n) is 17.5. The molecule has 0 amide bonds. The average molecular weight is 941 g/mol. The molecule has 11 saturated heterocycles. The van der Waals surface area contributed by atoms with Gasteiger partial charge in [-0.25, -0.2) is 0 Å². The summed E-state index contributed by atoms with van der Waals surface area (Å²) in [6, 6.07) is 0. The highest BCUT2D eigenvalue weighted by Crippen LogP contribution is 2.59. The van der Waals surface area contributed by atoms with Crippen LogP contribution in [0.3, 0.4) is 0 Å². The van der Waals surface area contributed by atoms with Gasteiger partial charge >= 0.3 is 5.97 Å².